The van der Waals surface area contributed by atoms with E-state index < -0.39 is 38.6 Å². The first kappa shape index (κ1) is 57.4. The quantitative estimate of drug-likeness (QED) is 0.0177. The number of aliphatic hydroxyl groups is 1. The Balaban J connectivity index is 4.27. The van der Waals surface area contributed by atoms with Crippen LogP contribution in [0.5, 0.6) is 0 Å². The number of unbranched alkanes of at least 4 members (excludes halogenated alkanes) is 18. The predicted octanol–water partition coefficient (Wildman–Crippen LogP) is 12.8. The van der Waals surface area contributed by atoms with Crippen molar-refractivity contribution in [1.82, 2.24) is 0 Å². The second-order valence-corrected chi connectivity index (χ2v) is 16.9. The van der Waals surface area contributed by atoms with Crippen molar-refractivity contribution in [2.45, 2.75) is 199 Å². The van der Waals surface area contributed by atoms with E-state index in [0.29, 0.717) is 25.7 Å². The number of ether oxygens (including phenoxy) is 2. The number of nitrogens with two attached hydrogens (primary N) is 1. The van der Waals surface area contributed by atoms with Crippen molar-refractivity contribution in [3.63, 3.8) is 0 Å². The zero-order chi connectivity index (χ0) is 44.0. The fourth-order valence-electron chi connectivity index (χ4n) is 6.22. The van der Waals surface area contributed by atoms with Gasteiger partial charge in [-0.25, -0.2) is 4.57 Å². The van der Waals surface area contributed by atoms with Crippen molar-refractivity contribution in [3.05, 3.63) is 72.9 Å². The lowest BCUT2D eigenvalue weighted by molar-refractivity contribution is -0.161. The fourth-order valence-corrected chi connectivity index (χ4v) is 6.98. The highest BCUT2D eigenvalue weighted by Gasteiger charge is 2.25. The van der Waals surface area contributed by atoms with Crippen LogP contribution in [0.2, 0.25) is 0 Å². The van der Waals surface area contributed by atoms with Gasteiger partial charge in [-0.2, -0.15) is 0 Å². The second-order valence-electron chi connectivity index (χ2n) is 15.5. The summed E-state index contributed by atoms with van der Waals surface area (Å²) in [5.74, 6) is -0.955. The molecule has 11 heteroatoms. The minimum Gasteiger partial charge on any atom is -0.462 e. The molecule has 0 heterocycles. The highest BCUT2D eigenvalue weighted by Crippen LogP contribution is 2.43. The van der Waals surface area contributed by atoms with E-state index in [1.807, 2.05) is 48.6 Å². The summed E-state index contributed by atoms with van der Waals surface area (Å²) in [5.41, 5.74) is 5.35. The van der Waals surface area contributed by atoms with Crippen LogP contribution < -0.4 is 5.73 Å². The molecule has 0 rings (SSSR count). The first-order valence-corrected chi connectivity index (χ1v) is 25.0. The summed E-state index contributed by atoms with van der Waals surface area (Å²) in [4.78, 5) is 34.9. The lowest BCUT2D eigenvalue weighted by Gasteiger charge is -2.19. The summed E-state index contributed by atoms with van der Waals surface area (Å²) in [6.45, 7) is 3.46. The van der Waals surface area contributed by atoms with Crippen LogP contribution in [0.25, 0.3) is 0 Å². The van der Waals surface area contributed by atoms with E-state index in [0.717, 1.165) is 32.1 Å². The van der Waals surface area contributed by atoms with Crippen LogP contribution in [0.3, 0.4) is 0 Å². The van der Waals surface area contributed by atoms with Gasteiger partial charge in [-0.1, -0.05) is 202 Å². The van der Waals surface area contributed by atoms with E-state index in [4.69, 9.17) is 24.3 Å². The molecular formula is C49H86NO9P. The third-order valence-electron chi connectivity index (χ3n) is 9.70. The van der Waals surface area contributed by atoms with Gasteiger partial charge >= 0.3 is 19.8 Å². The van der Waals surface area contributed by atoms with Gasteiger partial charge in [0.2, 0.25) is 0 Å². The van der Waals surface area contributed by atoms with Crippen molar-refractivity contribution < 1.29 is 42.7 Å². The normalized spacial score (nSPS) is 14.4. The van der Waals surface area contributed by atoms with Crippen LogP contribution >= 0.6 is 7.82 Å². The average Bonchev–Trinajstić information content (AvgIpc) is 3.23. The molecule has 2 unspecified atom stereocenters. The summed E-state index contributed by atoms with van der Waals surface area (Å²) in [6.07, 6.45) is 51.2. The van der Waals surface area contributed by atoms with Gasteiger partial charge in [0.25, 0.3) is 0 Å². The largest absolute Gasteiger partial charge is 0.472 e. The molecule has 0 aromatic rings. The minimum absolute atomic E-state index is 0.0313. The molecule has 346 valence electrons. The molecule has 0 saturated carbocycles. The summed E-state index contributed by atoms with van der Waals surface area (Å²) in [7, 11) is -4.41. The van der Waals surface area contributed by atoms with Gasteiger partial charge < -0.3 is 25.2 Å². The predicted molar refractivity (Wildman–Crippen MR) is 248 cm³/mol. The molecule has 0 bridgehead atoms. The Morgan fingerprint density at radius 3 is 1.68 bits per heavy atom. The third kappa shape index (κ3) is 43.5. The second kappa shape index (κ2) is 44.5. The van der Waals surface area contributed by atoms with E-state index in [2.05, 4.69) is 32.1 Å². The first-order valence-electron chi connectivity index (χ1n) is 23.5. The zero-order valence-electron chi connectivity index (χ0n) is 37.8. The van der Waals surface area contributed by atoms with Crippen LogP contribution in [0.4, 0.5) is 0 Å². The van der Waals surface area contributed by atoms with Crippen molar-refractivity contribution in [2.24, 2.45) is 5.73 Å². The topological polar surface area (TPSA) is 155 Å². The molecule has 0 aromatic carbocycles. The number of carbonyl (C=O) groups is 2. The van der Waals surface area contributed by atoms with Crippen molar-refractivity contribution in [3.8, 4) is 0 Å². The first-order chi connectivity index (χ1) is 29.2. The van der Waals surface area contributed by atoms with E-state index in [-0.39, 0.29) is 32.6 Å². The number of allylic oxidation sites excluding steroid dienone is 10. The van der Waals surface area contributed by atoms with Crippen molar-refractivity contribution >= 4 is 19.8 Å². The number of phosphoric acid groups is 1. The lowest BCUT2D eigenvalue weighted by atomic mass is 10.0. The SMILES string of the molecule is CC/C=C\C/C=C\CC(O)/C=C/C=C\C/C=C\C/C=C\CCC(=O)O[C@H](COC(=O)CCCCCCCCCCCCCCCCCCCCC)COP(=O)(O)OCCN. The van der Waals surface area contributed by atoms with Crippen LogP contribution in [0.15, 0.2) is 72.9 Å². The summed E-state index contributed by atoms with van der Waals surface area (Å²) in [6, 6.07) is 0. The van der Waals surface area contributed by atoms with Crippen molar-refractivity contribution in [2.75, 3.05) is 26.4 Å². The fraction of sp³-hybridized carbons (Fsp3) is 0.714. The molecule has 0 aliphatic heterocycles. The Bertz CT molecular complexity index is 1230. The molecule has 10 nitrogen and oxygen atoms in total. The highest BCUT2D eigenvalue weighted by molar-refractivity contribution is 7.47. The van der Waals surface area contributed by atoms with Gasteiger partial charge in [-0.15, -0.1) is 0 Å². The molecule has 0 amide bonds. The molecule has 60 heavy (non-hydrogen) atoms. The smallest absolute Gasteiger partial charge is 0.462 e. The molecule has 0 aromatic heterocycles. The minimum atomic E-state index is -4.41. The van der Waals surface area contributed by atoms with Gasteiger partial charge in [0.05, 0.1) is 19.3 Å². The molecule has 4 N–H and O–H groups in total. The van der Waals surface area contributed by atoms with E-state index >= 15 is 0 Å². The number of carbonyl (C=O) groups excluding carboxylic acids is 2. The molecule has 0 saturated heterocycles. The summed E-state index contributed by atoms with van der Waals surface area (Å²) < 4.78 is 32.7. The maximum atomic E-state index is 12.6. The maximum Gasteiger partial charge on any atom is 0.472 e. The lowest BCUT2D eigenvalue weighted by Crippen LogP contribution is -2.29. The molecular weight excluding hydrogens is 778 g/mol. The van der Waals surface area contributed by atoms with Crippen LogP contribution in [0.1, 0.15) is 187 Å². The van der Waals surface area contributed by atoms with Gasteiger partial charge in [-0.05, 0) is 44.9 Å². The van der Waals surface area contributed by atoms with Crippen LogP contribution in [-0.2, 0) is 32.7 Å². The van der Waals surface area contributed by atoms with Gasteiger partial charge in [-0.3, -0.25) is 18.6 Å². The number of rotatable bonds is 43. The Morgan fingerprint density at radius 2 is 1.12 bits per heavy atom. The van der Waals surface area contributed by atoms with E-state index in [1.165, 1.54) is 103 Å². The third-order valence-corrected chi connectivity index (χ3v) is 10.7. The van der Waals surface area contributed by atoms with Gasteiger partial charge in [0, 0.05) is 19.4 Å². The standard InChI is InChI=1S/C49H86NO9P/c1-3-5-7-9-11-12-13-14-15-16-17-18-19-20-21-25-28-32-36-40-48(52)56-44-47(45-58-60(54,55)57-43-42-50)59-49(53)41-37-33-29-26-23-22-24-27-31-35-39-46(51)38-34-30-10-8-6-4-2/h6,8,22-23,27,29-31,33-35,39,46-47,51H,3-5,7,9-21,24-26,28,32,36-38,40-45,50H2,1-2H3,(H,54,55)/b8-6-,23-22-,31-27-,33-29-,34-30-,39-35+/t46?,47-/m1/s1. The van der Waals surface area contributed by atoms with Crippen LogP contribution in [0, 0.1) is 0 Å². The monoisotopic (exact) mass is 864 g/mol. The molecule has 0 aliphatic carbocycles. The number of hydrogen-bond acceptors (Lipinski definition) is 9. The number of esters is 2. The molecule has 0 radical (unpaired) electrons. The van der Waals surface area contributed by atoms with Crippen molar-refractivity contribution in [1.29, 1.82) is 0 Å². The highest BCUT2D eigenvalue weighted by atomic mass is 31.2. The Morgan fingerprint density at radius 1 is 0.600 bits per heavy atom. The van der Waals surface area contributed by atoms with Crippen LogP contribution in [-0.4, -0.2) is 60.5 Å². The van der Waals surface area contributed by atoms with E-state index in [1.54, 1.807) is 6.08 Å². The Labute approximate surface area is 365 Å². The zero-order valence-corrected chi connectivity index (χ0v) is 38.7. The Hall–Kier alpha value is -2.59. The molecule has 0 spiro atoms. The number of phosphoric ester groups is 1. The number of aliphatic hydroxyl groups excluding tert-OH is 1. The van der Waals surface area contributed by atoms with Gasteiger partial charge in [0.15, 0.2) is 6.10 Å². The summed E-state index contributed by atoms with van der Waals surface area (Å²) >= 11 is 0. The van der Waals surface area contributed by atoms with E-state index in [9.17, 15) is 24.2 Å². The number of hydrogen-bond donors (Lipinski definition) is 3. The summed E-state index contributed by atoms with van der Waals surface area (Å²) in [5, 5.41) is 10.0. The Kier molecular flexibility index (Phi) is 42.5. The molecule has 0 fully saturated rings. The maximum absolute atomic E-state index is 12.6. The molecule has 0 aliphatic rings. The van der Waals surface area contributed by atoms with Gasteiger partial charge in [0.1, 0.15) is 6.61 Å². The molecule has 3 atom stereocenters. The average molecular weight is 864 g/mol.